The Morgan fingerprint density at radius 3 is 2.71 bits per heavy atom. The maximum absolute atomic E-state index is 10.6. The van der Waals surface area contributed by atoms with Gasteiger partial charge in [-0.3, -0.25) is 4.79 Å². The molecule has 0 bridgehead atoms. The molecule has 17 heavy (non-hydrogen) atoms. The molecule has 0 saturated carbocycles. The third-order valence-electron chi connectivity index (χ3n) is 2.38. The van der Waals surface area contributed by atoms with Crippen LogP contribution in [0.25, 0.3) is 0 Å². The molecular formula is C13H16BrClO2. The molecule has 0 heterocycles. The summed E-state index contributed by atoms with van der Waals surface area (Å²) in [5.41, 5.74) is 0.587. The van der Waals surface area contributed by atoms with Crippen molar-refractivity contribution >= 4 is 33.8 Å². The largest absolute Gasteiger partial charge is 0.492 e. The van der Waals surface area contributed by atoms with Crippen LogP contribution >= 0.6 is 27.5 Å². The van der Waals surface area contributed by atoms with Crippen molar-refractivity contribution in [3.05, 3.63) is 28.8 Å². The Kier molecular flexibility index (Phi) is 7.29. The molecular weight excluding hydrogens is 303 g/mol. The van der Waals surface area contributed by atoms with Gasteiger partial charge >= 0.3 is 0 Å². The van der Waals surface area contributed by atoms with Crippen molar-refractivity contribution < 1.29 is 9.53 Å². The fourth-order valence-electron chi connectivity index (χ4n) is 1.44. The van der Waals surface area contributed by atoms with Crippen molar-refractivity contribution in [3.8, 4) is 5.75 Å². The smallest absolute Gasteiger partial charge is 0.150 e. The van der Waals surface area contributed by atoms with E-state index in [4.69, 9.17) is 16.3 Å². The maximum Gasteiger partial charge on any atom is 0.150 e. The lowest BCUT2D eigenvalue weighted by Crippen LogP contribution is -1.98. The third-order valence-corrected chi connectivity index (χ3v) is 3.25. The zero-order valence-corrected chi connectivity index (χ0v) is 12.0. The number of ether oxygens (including phenoxy) is 1. The molecule has 0 aromatic heterocycles. The van der Waals surface area contributed by atoms with Crippen LogP contribution in [0, 0.1) is 0 Å². The van der Waals surface area contributed by atoms with E-state index in [0.29, 0.717) is 22.9 Å². The number of alkyl halides is 1. The molecule has 4 heteroatoms. The topological polar surface area (TPSA) is 26.3 Å². The van der Waals surface area contributed by atoms with Crippen LogP contribution in [0.15, 0.2) is 18.2 Å². The van der Waals surface area contributed by atoms with E-state index in [9.17, 15) is 4.79 Å². The molecule has 0 N–H and O–H groups in total. The first-order chi connectivity index (χ1) is 8.27. The van der Waals surface area contributed by atoms with Crippen molar-refractivity contribution in [2.75, 3.05) is 11.9 Å². The van der Waals surface area contributed by atoms with Gasteiger partial charge in [0.1, 0.15) is 12.0 Å². The van der Waals surface area contributed by atoms with Gasteiger partial charge in [0.15, 0.2) is 0 Å². The molecule has 0 fully saturated rings. The van der Waals surface area contributed by atoms with Crippen molar-refractivity contribution in [1.29, 1.82) is 0 Å². The van der Waals surface area contributed by atoms with Crippen LogP contribution < -0.4 is 4.74 Å². The van der Waals surface area contributed by atoms with Gasteiger partial charge in [-0.2, -0.15) is 0 Å². The predicted octanol–water partition coefficient (Wildman–Crippen LogP) is 4.49. The van der Waals surface area contributed by atoms with Gasteiger partial charge in [-0.15, -0.1) is 0 Å². The molecule has 0 aliphatic rings. The van der Waals surface area contributed by atoms with Gasteiger partial charge in [0, 0.05) is 10.9 Å². The van der Waals surface area contributed by atoms with Crippen LogP contribution in [-0.4, -0.2) is 18.2 Å². The van der Waals surface area contributed by atoms with Crippen molar-refractivity contribution in [1.82, 2.24) is 0 Å². The minimum Gasteiger partial charge on any atom is -0.492 e. The fourth-order valence-corrected chi connectivity index (χ4v) is 2.00. The van der Waals surface area contributed by atoms with Crippen LogP contribution in [0.2, 0.25) is 5.02 Å². The number of halogens is 2. The van der Waals surface area contributed by atoms with Gasteiger partial charge in [0.05, 0.1) is 11.6 Å². The number of rotatable bonds is 8. The Bertz CT molecular complexity index is 355. The van der Waals surface area contributed by atoms with Crippen molar-refractivity contribution in [2.45, 2.75) is 25.7 Å². The number of carbonyl (C=O) groups excluding carboxylic acids is 1. The molecule has 0 amide bonds. The Hall–Kier alpha value is -0.540. The molecule has 1 aromatic carbocycles. The fraction of sp³-hybridized carbons (Fsp3) is 0.462. The summed E-state index contributed by atoms with van der Waals surface area (Å²) in [6.07, 6.45) is 5.35. The lowest BCUT2D eigenvalue weighted by Gasteiger charge is -2.08. The first-order valence-corrected chi connectivity index (χ1v) is 7.21. The van der Waals surface area contributed by atoms with E-state index in [1.807, 2.05) is 0 Å². The Morgan fingerprint density at radius 1 is 1.24 bits per heavy atom. The number of benzene rings is 1. The molecule has 0 saturated heterocycles. The van der Waals surface area contributed by atoms with Crippen molar-refractivity contribution in [3.63, 3.8) is 0 Å². The van der Waals surface area contributed by atoms with E-state index in [2.05, 4.69) is 15.9 Å². The van der Waals surface area contributed by atoms with Crippen LogP contribution in [-0.2, 0) is 0 Å². The van der Waals surface area contributed by atoms with Crippen LogP contribution in [0.4, 0.5) is 0 Å². The van der Waals surface area contributed by atoms with Crippen LogP contribution in [0.1, 0.15) is 36.0 Å². The van der Waals surface area contributed by atoms with Gasteiger partial charge in [-0.05, 0) is 31.0 Å². The maximum atomic E-state index is 10.6. The molecule has 1 aromatic rings. The average Bonchev–Trinajstić information content (AvgIpc) is 2.35. The molecule has 1 rings (SSSR count). The van der Waals surface area contributed by atoms with Gasteiger partial charge in [-0.25, -0.2) is 0 Å². The minimum absolute atomic E-state index is 0.552. The van der Waals surface area contributed by atoms with Crippen LogP contribution in [0.5, 0.6) is 5.75 Å². The van der Waals surface area contributed by atoms with E-state index in [0.717, 1.165) is 24.5 Å². The normalized spacial score (nSPS) is 10.2. The minimum atomic E-state index is 0.552. The Balaban J connectivity index is 2.33. The first-order valence-electron chi connectivity index (χ1n) is 5.71. The second-order valence-electron chi connectivity index (χ2n) is 3.76. The summed E-state index contributed by atoms with van der Waals surface area (Å²) in [6, 6.07) is 5.04. The summed E-state index contributed by atoms with van der Waals surface area (Å²) in [5.74, 6) is 0.594. The monoisotopic (exact) mass is 318 g/mol. The summed E-state index contributed by atoms with van der Waals surface area (Å²) in [4.78, 5) is 10.6. The summed E-state index contributed by atoms with van der Waals surface area (Å²) in [5, 5.41) is 1.61. The molecule has 0 spiro atoms. The molecule has 0 aliphatic heterocycles. The second-order valence-corrected chi connectivity index (χ2v) is 4.96. The summed E-state index contributed by atoms with van der Waals surface area (Å²) in [7, 11) is 0. The van der Waals surface area contributed by atoms with E-state index < -0.39 is 0 Å². The van der Waals surface area contributed by atoms with E-state index in [-0.39, 0.29) is 0 Å². The highest BCUT2D eigenvalue weighted by molar-refractivity contribution is 9.09. The molecule has 0 atom stereocenters. The second kappa shape index (κ2) is 8.54. The summed E-state index contributed by atoms with van der Waals surface area (Å²) in [6.45, 7) is 0.643. The highest BCUT2D eigenvalue weighted by Gasteiger charge is 2.02. The van der Waals surface area contributed by atoms with E-state index >= 15 is 0 Å². The summed E-state index contributed by atoms with van der Waals surface area (Å²) >= 11 is 9.37. The molecule has 0 unspecified atom stereocenters. The molecule has 2 nitrogen and oxygen atoms in total. The van der Waals surface area contributed by atoms with Gasteiger partial charge in [-0.1, -0.05) is 40.4 Å². The number of carbonyl (C=O) groups is 1. The number of hydrogen-bond acceptors (Lipinski definition) is 2. The quantitative estimate of drug-likeness (QED) is 0.401. The highest BCUT2D eigenvalue weighted by atomic mass is 79.9. The van der Waals surface area contributed by atoms with Crippen LogP contribution in [0.3, 0.4) is 0 Å². The Labute approximate surface area is 115 Å². The zero-order chi connectivity index (χ0) is 12.5. The number of unbranched alkanes of at least 4 members (excludes halogenated alkanes) is 3. The Morgan fingerprint density at radius 2 is 2.00 bits per heavy atom. The molecule has 0 radical (unpaired) electrons. The van der Waals surface area contributed by atoms with E-state index in [1.54, 1.807) is 18.2 Å². The van der Waals surface area contributed by atoms with Gasteiger partial charge in [0.25, 0.3) is 0 Å². The van der Waals surface area contributed by atoms with E-state index in [1.165, 1.54) is 12.8 Å². The first kappa shape index (κ1) is 14.5. The van der Waals surface area contributed by atoms with Crippen molar-refractivity contribution in [2.24, 2.45) is 0 Å². The SMILES string of the molecule is O=Cc1ccc(Cl)c(OCCCCCCBr)c1. The zero-order valence-electron chi connectivity index (χ0n) is 9.62. The van der Waals surface area contributed by atoms with Gasteiger partial charge in [0.2, 0.25) is 0 Å². The molecule has 0 aliphatic carbocycles. The average molecular weight is 320 g/mol. The number of aldehydes is 1. The predicted molar refractivity (Wildman–Crippen MR) is 74.6 cm³/mol. The standard InChI is InChI=1S/C13H16BrClO2/c14-7-3-1-2-4-8-17-13-9-11(10-16)5-6-12(13)15/h5-6,9-10H,1-4,7-8H2. The molecule has 94 valence electrons. The summed E-state index contributed by atoms with van der Waals surface area (Å²) < 4.78 is 5.56. The van der Waals surface area contributed by atoms with Gasteiger partial charge < -0.3 is 4.74 Å². The highest BCUT2D eigenvalue weighted by Crippen LogP contribution is 2.25. The number of hydrogen-bond donors (Lipinski definition) is 0. The third kappa shape index (κ3) is 5.55. The lowest BCUT2D eigenvalue weighted by atomic mass is 10.2. The lowest BCUT2D eigenvalue weighted by molar-refractivity contribution is 0.112.